The molecule has 0 spiro atoms. The lowest BCUT2D eigenvalue weighted by molar-refractivity contribution is 0.582. The Kier molecular flexibility index (Phi) is 3.29. The first kappa shape index (κ1) is 12.9. The predicted octanol–water partition coefficient (Wildman–Crippen LogP) is 0.540. The van der Waals surface area contributed by atoms with Gasteiger partial charge in [-0.15, -0.1) is 0 Å². The van der Waals surface area contributed by atoms with Gasteiger partial charge in [0.25, 0.3) is 10.2 Å². The van der Waals surface area contributed by atoms with Gasteiger partial charge in [0.2, 0.25) is 0 Å². The van der Waals surface area contributed by atoms with Gasteiger partial charge in [0.1, 0.15) is 6.33 Å². The SMILES string of the molecule is Cc1cc2ncnc(CNS(N)(=O)=O)c2cc1C. The highest BCUT2D eigenvalue weighted by Crippen LogP contribution is 2.19. The van der Waals surface area contributed by atoms with Crippen LogP contribution in [-0.2, 0) is 16.8 Å². The Balaban J connectivity index is 2.48. The van der Waals surface area contributed by atoms with E-state index in [0.29, 0.717) is 5.69 Å². The molecule has 1 aromatic carbocycles. The molecule has 0 amide bonds. The van der Waals surface area contributed by atoms with E-state index in [0.717, 1.165) is 22.0 Å². The molecule has 2 aromatic rings. The second kappa shape index (κ2) is 4.60. The van der Waals surface area contributed by atoms with Gasteiger partial charge in [-0.1, -0.05) is 0 Å². The second-order valence-corrected chi connectivity index (χ2v) is 5.52. The lowest BCUT2D eigenvalue weighted by Gasteiger charge is -2.08. The molecule has 0 radical (unpaired) electrons. The number of rotatable bonds is 3. The first-order valence-electron chi connectivity index (χ1n) is 5.35. The van der Waals surface area contributed by atoms with E-state index in [2.05, 4.69) is 14.7 Å². The summed E-state index contributed by atoms with van der Waals surface area (Å²) in [6, 6.07) is 3.90. The number of nitrogens with two attached hydrogens (primary N) is 1. The van der Waals surface area contributed by atoms with Crippen molar-refractivity contribution in [2.75, 3.05) is 0 Å². The van der Waals surface area contributed by atoms with Crippen molar-refractivity contribution in [3.8, 4) is 0 Å². The molecule has 3 N–H and O–H groups in total. The number of aryl methyl sites for hydroxylation is 2. The maximum absolute atomic E-state index is 10.9. The highest BCUT2D eigenvalue weighted by Gasteiger charge is 2.08. The fourth-order valence-corrected chi connectivity index (χ4v) is 2.02. The van der Waals surface area contributed by atoms with E-state index in [1.165, 1.54) is 6.33 Å². The largest absolute Gasteiger partial charge is 0.274 e. The fraction of sp³-hybridized carbons (Fsp3) is 0.273. The van der Waals surface area contributed by atoms with Crippen molar-refractivity contribution in [3.63, 3.8) is 0 Å². The number of hydrogen-bond donors (Lipinski definition) is 2. The van der Waals surface area contributed by atoms with Crippen molar-refractivity contribution in [3.05, 3.63) is 35.3 Å². The van der Waals surface area contributed by atoms with Crippen LogP contribution in [0.5, 0.6) is 0 Å². The van der Waals surface area contributed by atoms with E-state index in [-0.39, 0.29) is 6.54 Å². The van der Waals surface area contributed by atoms with Gasteiger partial charge < -0.3 is 0 Å². The molecule has 0 aliphatic carbocycles. The van der Waals surface area contributed by atoms with Crippen molar-refractivity contribution >= 4 is 21.1 Å². The third-order valence-electron chi connectivity index (χ3n) is 2.77. The molecule has 2 rings (SSSR count). The third kappa shape index (κ3) is 2.81. The molecule has 1 aromatic heterocycles. The molecule has 18 heavy (non-hydrogen) atoms. The molecular formula is C11H14N4O2S. The van der Waals surface area contributed by atoms with Crippen LogP contribution in [0.25, 0.3) is 10.9 Å². The maximum Gasteiger partial charge on any atom is 0.274 e. The summed E-state index contributed by atoms with van der Waals surface area (Å²) in [5.74, 6) is 0. The molecular weight excluding hydrogens is 252 g/mol. The number of hydrogen-bond acceptors (Lipinski definition) is 4. The predicted molar refractivity (Wildman–Crippen MR) is 69.0 cm³/mol. The van der Waals surface area contributed by atoms with E-state index in [9.17, 15) is 8.42 Å². The Morgan fingerprint density at radius 3 is 2.56 bits per heavy atom. The van der Waals surface area contributed by atoms with Crippen LogP contribution in [0.3, 0.4) is 0 Å². The molecule has 0 fully saturated rings. The van der Waals surface area contributed by atoms with Crippen LogP contribution in [0.1, 0.15) is 16.8 Å². The quantitative estimate of drug-likeness (QED) is 0.847. The van der Waals surface area contributed by atoms with E-state index in [1.54, 1.807) is 0 Å². The van der Waals surface area contributed by atoms with Crippen molar-refractivity contribution in [1.29, 1.82) is 0 Å². The van der Waals surface area contributed by atoms with Crippen molar-refractivity contribution < 1.29 is 8.42 Å². The molecule has 0 aliphatic heterocycles. The Morgan fingerprint density at radius 2 is 1.89 bits per heavy atom. The highest BCUT2D eigenvalue weighted by atomic mass is 32.2. The van der Waals surface area contributed by atoms with Crippen molar-refractivity contribution in [1.82, 2.24) is 14.7 Å². The Morgan fingerprint density at radius 1 is 1.22 bits per heavy atom. The molecule has 1 heterocycles. The zero-order chi connectivity index (χ0) is 13.3. The van der Waals surface area contributed by atoms with Crippen molar-refractivity contribution in [2.45, 2.75) is 20.4 Å². The van der Waals surface area contributed by atoms with Gasteiger partial charge >= 0.3 is 0 Å². The molecule has 0 unspecified atom stereocenters. The Hall–Kier alpha value is -1.57. The van der Waals surface area contributed by atoms with Gasteiger partial charge in [-0.2, -0.15) is 13.1 Å². The Bertz CT molecular complexity index is 698. The van der Waals surface area contributed by atoms with Gasteiger partial charge in [0, 0.05) is 5.39 Å². The minimum Gasteiger partial charge on any atom is -0.239 e. The first-order valence-corrected chi connectivity index (χ1v) is 6.89. The van der Waals surface area contributed by atoms with Crippen LogP contribution in [-0.4, -0.2) is 18.4 Å². The third-order valence-corrected chi connectivity index (χ3v) is 3.32. The molecule has 0 saturated heterocycles. The van der Waals surface area contributed by atoms with Crippen LogP contribution >= 0.6 is 0 Å². The zero-order valence-corrected chi connectivity index (χ0v) is 11.0. The topological polar surface area (TPSA) is 98.0 Å². The number of aromatic nitrogens is 2. The number of fused-ring (bicyclic) bond motifs is 1. The molecule has 0 atom stereocenters. The number of nitrogens with one attached hydrogen (secondary N) is 1. The van der Waals surface area contributed by atoms with E-state index < -0.39 is 10.2 Å². The summed E-state index contributed by atoms with van der Waals surface area (Å²) in [6.45, 7) is 4.04. The van der Waals surface area contributed by atoms with Crippen molar-refractivity contribution in [2.24, 2.45) is 5.14 Å². The highest BCUT2D eigenvalue weighted by molar-refractivity contribution is 7.87. The van der Waals surface area contributed by atoms with E-state index in [4.69, 9.17) is 5.14 Å². The lowest BCUT2D eigenvalue weighted by atomic mass is 10.1. The molecule has 0 bridgehead atoms. The lowest BCUT2D eigenvalue weighted by Crippen LogP contribution is -2.30. The van der Waals surface area contributed by atoms with Gasteiger partial charge in [-0.25, -0.2) is 15.1 Å². The molecule has 7 heteroatoms. The average molecular weight is 266 g/mol. The first-order chi connectivity index (χ1) is 8.37. The summed E-state index contributed by atoms with van der Waals surface area (Å²) in [5.41, 5.74) is 3.64. The van der Waals surface area contributed by atoms with Gasteiger partial charge in [-0.05, 0) is 37.1 Å². The smallest absolute Gasteiger partial charge is 0.239 e. The standard InChI is InChI=1S/C11H14N4O2S/c1-7-3-9-10(4-8(7)2)13-6-14-11(9)5-15-18(12,16)17/h3-4,6,15H,5H2,1-2H3,(H2,12,16,17). The van der Waals surface area contributed by atoms with Gasteiger partial charge in [0.15, 0.2) is 0 Å². The normalized spacial score (nSPS) is 11.9. The molecule has 6 nitrogen and oxygen atoms in total. The van der Waals surface area contributed by atoms with Crippen LogP contribution in [0.4, 0.5) is 0 Å². The molecule has 0 saturated carbocycles. The monoisotopic (exact) mass is 266 g/mol. The van der Waals surface area contributed by atoms with E-state index >= 15 is 0 Å². The summed E-state index contributed by atoms with van der Waals surface area (Å²) in [7, 11) is -3.72. The van der Waals surface area contributed by atoms with Crippen LogP contribution in [0.2, 0.25) is 0 Å². The fourth-order valence-electron chi connectivity index (χ4n) is 1.68. The summed E-state index contributed by atoms with van der Waals surface area (Å²) < 4.78 is 24.0. The summed E-state index contributed by atoms with van der Waals surface area (Å²) in [5, 5.41) is 5.73. The summed E-state index contributed by atoms with van der Waals surface area (Å²) in [6.07, 6.45) is 1.41. The molecule has 0 aliphatic rings. The van der Waals surface area contributed by atoms with Crippen LogP contribution in [0, 0.1) is 13.8 Å². The minimum absolute atomic E-state index is 0.0559. The Labute approximate surface area is 105 Å². The van der Waals surface area contributed by atoms with Gasteiger partial charge in [0.05, 0.1) is 17.8 Å². The average Bonchev–Trinajstić information content (AvgIpc) is 2.27. The summed E-state index contributed by atoms with van der Waals surface area (Å²) >= 11 is 0. The minimum atomic E-state index is -3.72. The number of nitrogens with zero attached hydrogens (tertiary/aromatic N) is 2. The summed E-state index contributed by atoms with van der Waals surface area (Å²) in [4.78, 5) is 8.26. The van der Waals surface area contributed by atoms with Crippen LogP contribution in [0.15, 0.2) is 18.5 Å². The zero-order valence-electron chi connectivity index (χ0n) is 10.1. The van der Waals surface area contributed by atoms with Gasteiger partial charge in [-0.3, -0.25) is 0 Å². The van der Waals surface area contributed by atoms with Crippen LogP contribution < -0.4 is 9.86 Å². The molecule has 96 valence electrons. The number of benzene rings is 1. The van der Waals surface area contributed by atoms with E-state index in [1.807, 2.05) is 26.0 Å². The maximum atomic E-state index is 10.9. The second-order valence-electron chi connectivity index (χ2n) is 4.14.